The molecule has 2 N–H and O–H groups in total. The van der Waals surface area contributed by atoms with E-state index in [4.69, 9.17) is 21.7 Å². The normalized spacial score (nSPS) is 10.8. The zero-order valence-electron chi connectivity index (χ0n) is 17.8. The van der Waals surface area contributed by atoms with Crippen LogP contribution in [0.4, 0.5) is 0 Å². The van der Waals surface area contributed by atoms with Gasteiger partial charge in [0.1, 0.15) is 0 Å². The van der Waals surface area contributed by atoms with Gasteiger partial charge in [-0.15, -0.1) is 0 Å². The van der Waals surface area contributed by atoms with Crippen molar-refractivity contribution < 1.29 is 9.47 Å². The second-order valence-corrected chi connectivity index (χ2v) is 7.33. The highest BCUT2D eigenvalue weighted by Gasteiger charge is 2.03. The molecule has 0 saturated heterocycles. The van der Waals surface area contributed by atoms with Crippen molar-refractivity contribution in [1.82, 2.24) is 10.7 Å². The lowest BCUT2D eigenvalue weighted by Crippen LogP contribution is -2.32. The maximum atomic E-state index is 5.28. The van der Waals surface area contributed by atoms with E-state index >= 15 is 0 Å². The van der Waals surface area contributed by atoms with Crippen molar-refractivity contribution in [3.63, 3.8) is 0 Å². The Labute approximate surface area is 176 Å². The Morgan fingerprint density at radius 1 is 0.929 bits per heavy atom. The standard InChI is InChI=1S/C22H37N3O2S/c1-4-5-6-7-8-9-10-11-12-13-16-23-22(28)25-24-18-19-14-15-20(26-2)21(17-19)27-3/h14-15,17-18H,4-13,16H2,1-3H3,(H2,23,25,28)/b24-18-. The topological polar surface area (TPSA) is 54.9 Å². The maximum Gasteiger partial charge on any atom is 0.186 e. The summed E-state index contributed by atoms with van der Waals surface area (Å²) in [4.78, 5) is 0. The Balaban J connectivity index is 2.07. The molecule has 0 fully saturated rings. The van der Waals surface area contributed by atoms with Gasteiger partial charge in [-0.25, -0.2) is 0 Å². The van der Waals surface area contributed by atoms with Crippen molar-refractivity contribution >= 4 is 23.5 Å². The largest absolute Gasteiger partial charge is 0.493 e. The van der Waals surface area contributed by atoms with Gasteiger partial charge in [-0.2, -0.15) is 5.10 Å². The number of hydrazone groups is 1. The highest BCUT2D eigenvalue weighted by molar-refractivity contribution is 7.80. The number of nitrogens with zero attached hydrogens (tertiary/aromatic N) is 1. The zero-order chi connectivity index (χ0) is 20.5. The molecule has 0 heterocycles. The summed E-state index contributed by atoms with van der Waals surface area (Å²) in [6, 6.07) is 5.62. The molecule has 0 atom stereocenters. The minimum atomic E-state index is 0.549. The van der Waals surface area contributed by atoms with E-state index in [9.17, 15) is 0 Å². The molecule has 1 aromatic rings. The van der Waals surface area contributed by atoms with Crippen molar-refractivity contribution in [2.45, 2.75) is 71.1 Å². The zero-order valence-corrected chi connectivity index (χ0v) is 18.6. The summed E-state index contributed by atoms with van der Waals surface area (Å²) in [5.74, 6) is 1.37. The van der Waals surface area contributed by atoms with E-state index in [1.165, 1.54) is 57.8 Å². The Kier molecular flexibility index (Phi) is 14.0. The lowest BCUT2D eigenvalue weighted by Gasteiger charge is -2.08. The van der Waals surface area contributed by atoms with Gasteiger partial charge in [0.15, 0.2) is 16.6 Å². The highest BCUT2D eigenvalue weighted by Crippen LogP contribution is 2.26. The SMILES string of the molecule is CCCCCCCCCCCCNC(=S)N/N=C\c1ccc(OC)c(OC)c1. The molecule has 0 bridgehead atoms. The molecule has 0 aliphatic carbocycles. The molecule has 0 aliphatic rings. The van der Waals surface area contributed by atoms with Crippen molar-refractivity contribution in [1.29, 1.82) is 0 Å². The number of ether oxygens (including phenoxy) is 2. The predicted molar refractivity (Wildman–Crippen MR) is 123 cm³/mol. The average molecular weight is 408 g/mol. The van der Waals surface area contributed by atoms with Gasteiger partial charge in [0.25, 0.3) is 0 Å². The first-order valence-electron chi connectivity index (χ1n) is 10.5. The molecule has 0 saturated carbocycles. The summed E-state index contributed by atoms with van der Waals surface area (Å²) < 4.78 is 10.5. The molecule has 158 valence electrons. The van der Waals surface area contributed by atoms with Crippen LogP contribution in [0, 0.1) is 0 Å². The molecular weight excluding hydrogens is 370 g/mol. The van der Waals surface area contributed by atoms with E-state index < -0.39 is 0 Å². The Hall–Kier alpha value is -1.82. The van der Waals surface area contributed by atoms with E-state index in [-0.39, 0.29) is 0 Å². The third-order valence-electron chi connectivity index (χ3n) is 4.60. The van der Waals surface area contributed by atoms with Crippen molar-refractivity contribution in [3.05, 3.63) is 23.8 Å². The van der Waals surface area contributed by atoms with Gasteiger partial charge >= 0.3 is 0 Å². The first kappa shape index (κ1) is 24.2. The van der Waals surface area contributed by atoms with Crippen LogP contribution >= 0.6 is 12.2 Å². The van der Waals surface area contributed by atoms with Crippen LogP contribution in [-0.2, 0) is 0 Å². The van der Waals surface area contributed by atoms with Crippen LogP contribution in [0.25, 0.3) is 0 Å². The minimum Gasteiger partial charge on any atom is -0.493 e. The highest BCUT2D eigenvalue weighted by atomic mass is 32.1. The average Bonchev–Trinajstić information content (AvgIpc) is 2.71. The maximum absolute atomic E-state index is 5.28. The van der Waals surface area contributed by atoms with E-state index in [1.807, 2.05) is 18.2 Å². The number of benzene rings is 1. The van der Waals surface area contributed by atoms with Crippen LogP contribution in [0.5, 0.6) is 11.5 Å². The van der Waals surface area contributed by atoms with E-state index in [1.54, 1.807) is 20.4 Å². The lowest BCUT2D eigenvalue weighted by atomic mass is 10.1. The van der Waals surface area contributed by atoms with Crippen molar-refractivity contribution in [2.75, 3.05) is 20.8 Å². The van der Waals surface area contributed by atoms with E-state index in [0.717, 1.165) is 18.5 Å². The van der Waals surface area contributed by atoms with Crippen LogP contribution in [0.15, 0.2) is 23.3 Å². The fraction of sp³-hybridized carbons (Fsp3) is 0.636. The van der Waals surface area contributed by atoms with Gasteiger partial charge in [0.05, 0.1) is 20.4 Å². The van der Waals surface area contributed by atoms with Crippen LogP contribution < -0.4 is 20.2 Å². The summed E-state index contributed by atoms with van der Waals surface area (Å²) in [5.41, 5.74) is 3.76. The number of nitrogens with one attached hydrogen (secondary N) is 2. The third-order valence-corrected chi connectivity index (χ3v) is 4.84. The van der Waals surface area contributed by atoms with Crippen LogP contribution in [0.3, 0.4) is 0 Å². The molecule has 0 spiro atoms. The van der Waals surface area contributed by atoms with Crippen molar-refractivity contribution in [2.24, 2.45) is 5.10 Å². The Morgan fingerprint density at radius 2 is 1.54 bits per heavy atom. The van der Waals surface area contributed by atoms with Gasteiger partial charge in [0, 0.05) is 6.54 Å². The molecule has 0 unspecified atom stereocenters. The summed E-state index contributed by atoms with van der Waals surface area (Å²) in [7, 11) is 3.23. The predicted octanol–water partition coefficient (Wildman–Crippen LogP) is 5.42. The second kappa shape index (κ2) is 16.2. The number of rotatable bonds is 15. The molecule has 0 aromatic heterocycles. The van der Waals surface area contributed by atoms with Gasteiger partial charge in [-0.1, -0.05) is 64.7 Å². The monoisotopic (exact) mass is 407 g/mol. The third kappa shape index (κ3) is 11.1. The Bertz CT molecular complexity index is 579. The second-order valence-electron chi connectivity index (χ2n) is 6.92. The van der Waals surface area contributed by atoms with Crippen molar-refractivity contribution in [3.8, 4) is 11.5 Å². The molecule has 0 amide bonds. The molecule has 0 aliphatic heterocycles. The number of methoxy groups -OCH3 is 2. The fourth-order valence-electron chi connectivity index (χ4n) is 2.95. The first-order chi connectivity index (χ1) is 13.7. The van der Waals surface area contributed by atoms with E-state index in [2.05, 4.69) is 22.8 Å². The van der Waals surface area contributed by atoms with Crippen LogP contribution in [0.1, 0.15) is 76.7 Å². The number of hydrogen-bond donors (Lipinski definition) is 2. The minimum absolute atomic E-state index is 0.549. The van der Waals surface area contributed by atoms with Gasteiger partial charge in [0.2, 0.25) is 0 Å². The van der Waals surface area contributed by atoms with Gasteiger partial charge in [-0.3, -0.25) is 5.43 Å². The molecule has 1 aromatic carbocycles. The first-order valence-corrected chi connectivity index (χ1v) is 10.9. The molecule has 5 nitrogen and oxygen atoms in total. The summed E-state index contributed by atoms with van der Waals surface area (Å²) >= 11 is 5.25. The van der Waals surface area contributed by atoms with Crippen LogP contribution in [-0.4, -0.2) is 32.1 Å². The number of unbranched alkanes of at least 4 members (excludes halogenated alkanes) is 9. The summed E-state index contributed by atoms with van der Waals surface area (Å²) in [5, 5.41) is 7.91. The Morgan fingerprint density at radius 3 is 2.14 bits per heavy atom. The number of thiocarbonyl (C=S) groups is 1. The molecule has 6 heteroatoms. The summed E-state index contributed by atoms with van der Waals surface area (Å²) in [6.45, 7) is 3.15. The van der Waals surface area contributed by atoms with Crippen LogP contribution in [0.2, 0.25) is 0 Å². The quantitative estimate of drug-likeness (QED) is 0.176. The lowest BCUT2D eigenvalue weighted by molar-refractivity contribution is 0.355. The molecule has 0 radical (unpaired) electrons. The smallest absolute Gasteiger partial charge is 0.186 e. The van der Waals surface area contributed by atoms with E-state index in [0.29, 0.717) is 16.6 Å². The molecule has 28 heavy (non-hydrogen) atoms. The van der Waals surface area contributed by atoms with Gasteiger partial charge < -0.3 is 14.8 Å². The number of hydrogen-bond acceptors (Lipinski definition) is 4. The summed E-state index contributed by atoms with van der Waals surface area (Å²) in [6.07, 6.45) is 15.0. The molecular formula is C22H37N3O2S. The van der Waals surface area contributed by atoms with Gasteiger partial charge in [-0.05, 0) is 42.4 Å². The molecule has 1 rings (SSSR count). The fourth-order valence-corrected chi connectivity index (χ4v) is 3.11.